The van der Waals surface area contributed by atoms with E-state index in [-0.39, 0.29) is 0 Å². The summed E-state index contributed by atoms with van der Waals surface area (Å²) in [6, 6.07) is 21.7. The first-order valence-corrected chi connectivity index (χ1v) is 11.8. The topological polar surface area (TPSA) is 15.6 Å². The molecule has 0 N–H and O–H groups in total. The van der Waals surface area contributed by atoms with Gasteiger partial charge in [0.1, 0.15) is 0 Å². The van der Waals surface area contributed by atoms with Gasteiger partial charge in [-0.1, -0.05) is 60.7 Å². The minimum absolute atomic E-state index is 0.321. The molecule has 2 rings (SSSR count). The van der Waals surface area contributed by atoms with Crippen LogP contribution in [0.5, 0.6) is 0 Å². The first kappa shape index (κ1) is 17.6. The lowest BCUT2D eigenvalue weighted by atomic mass is 10.1. The van der Waals surface area contributed by atoms with E-state index in [1.807, 2.05) is 0 Å². The van der Waals surface area contributed by atoms with E-state index in [0.29, 0.717) is 6.04 Å². The van der Waals surface area contributed by atoms with E-state index >= 15 is 0 Å². The van der Waals surface area contributed by atoms with E-state index in [9.17, 15) is 0 Å². The van der Waals surface area contributed by atoms with Crippen molar-refractivity contribution in [2.24, 2.45) is 4.66 Å². The van der Waals surface area contributed by atoms with Crippen LogP contribution in [0.25, 0.3) is 0 Å². The van der Waals surface area contributed by atoms with Gasteiger partial charge in [-0.2, -0.15) is 0 Å². The number of hydrogen-bond acceptors (Lipinski definition) is 2. The minimum Gasteiger partial charge on any atom is -0.332 e. The second-order valence-electron chi connectivity index (χ2n) is 7.07. The molecule has 0 spiro atoms. The fraction of sp³-hybridized carbons (Fsp3) is 0.350. The summed E-state index contributed by atoms with van der Waals surface area (Å²) in [5.74, 6) is 0. The van der Waals surface area contributed by atoms with Gasteiger partial charge in [-0.15, -0.1) is 0 Å². The van der Waals surface area contributed by atoms with Crippen LogP contribution >= 0.6 is 0 Å². The van der Waals surface area contributed by atoms with Crippen LogP contribution < -0.4 is 0 Å². The Morgan fingerprint density at radius 2 is 1.30 bits per heavy atom. The molecule has 1 atom stereocenters. The fourth-order valence-electron chi connectivity index (χ4n) is 2.41. The molecule has 0 saturated carbocycles. The van der Waals surface area contributed by atoms with Gasteiger partial charge in [0.25, 0.3) is 0 Å². The van der Waals surface area contributed by atoms with Crippen molar-refractivity contribution in [2.45, 2.75) is 45.7 Å². The molecule has 0 bridgehead atoms. The first-order chi connectivity index (χ1) is 10.9. The highest BCUT2D eigenvalue weighted by Gasteiger charge is 2.15. The predicted molar refractivity (Wildman–Crippen MR) is 103 cm³/mol. The van der Waals surface area contributed by atoms with Crippen molar-refractivity contribution in [3.63, 3.8) is 0 Å². The van der Waals surface area contributed by atoms with Crippen LogP contribution in [0.4, 0.5) is 0 Å². The second kappa shape index (κ2) is 8.23. The zero-order valence-corrected chi connectivity index (χ0v) is 15.7. The molecule has 122 valence electrons. The average molecular weight is 325 g/mol. The average Bonchev–Trinajstić information content (AvgIpc) is 2.53. The zero-order chi connectivity index (χ0) is 16.7. The van der Waals surface area contributed by atoms with Gasteiger partial charge in [-0.25, -0.2) is 0 Å². The maximum Gasteiger partial charge on any atom is 0.171 e. The third-order valence-electron chi connectivity index (χ3n) is 3.71. The van der Waals surface area contributed by atoms with Crippen molar-refractivity contribution in [3.05, 3.63) is 71.8 Å². The van der Waals surface area contributed by atoms with Gasteiger partial charge in [0, 0.05) is 25.3 Å². The maximum atomic E-state index is 4.83. The summed E-state index contributed by atoms with van der Waals surface area (Å²) < 4.78 is 4.83. The van der Waals surface area contributed by atoms with E-state index in [2.05, 4.69) is 98.3 Å². The Hall–Kier alpha value is -1.71. The molecule has 0 heterocycles. The van der Waals surface area contributed by atoms with Crippen LogP contribution in [0, 0.1) is 0 Å². The van der Waals surface area contributed by atoms with Gasteiger partial charge in [0.2, 0.25) is 0 Å². The quantitative estimate of drug-likeness (QED) is 0.518. The Morgan fingerprint density at radius 1 is 0.870 bits per heavy atom. The van der Waals surface area contributed by atoms with Crippen LogP contribution in [0.2, 0.25) is 19.6 Å². The molecule has 2 aromatic carbocycles. The fourth-order valence-corrected chi connectivity index (χ4v) is 3.07. The van der Waals surface area contributed by atoms with Gasteiger partial charge in [0.05, 0.1) is 0 Å². The van der Waals surface area contributed by atoms with Crippen LogP contribution in [0.3, 0.4) is 0 Å². The molecule has 2 aromatic rings. The van der Waals surface area contributed by atoms with Gasteiger partial charge < -0.3 is 4.66 Å². The van der Waals surface area contributed by atoms with Gasteiger partial charge >= 0.3 is 0 Å². The molecule has 0 amide bonds. The first-order valence-electron chi connectivity index (χ1n) is 8.31. The summed E-state index contributed by atoms with van der Waals surface area (Å²) in [6.07, 6.45) is 2.15. The lowest BCUT2D eigenvalue weighted by Crippen LogP contribution is -2.34. The Kier molecular flexibility index (Phi) is 6.31. The van der Waals surface area contributed by atoms with Gasteiger partial charge in [-0.3, -0.25) is 4.90 Å². The molecule has 0 aromatic heterocycles. The monoisotopic (exact) mass is 324 g/mol. The molecular formula is C20H28N2Si. The number of benzene rings is 2. The predicted octanol–water partition coefficient (Wildman–Crippen LogP) is 4.98. The Balaban J connectivity index is 2.15. The second-order valence-corrected chi connectivity index (χ2v) is 11.7. The van der Waals surface area contributed by atoms with Crippen LogP contribution in [0.15, 0.2) is 65.3 Å². The minimum atomic E-state index is -1.41. The third kappa shape index (κ3) is 6.51. The molecule has 0 aliphatic heterocycles. The molecule has 0 unspecified atom stereocenters. The standard InChI is InChI=1S/C20H28N2Si/c1-18(15-21-23(2,3)4)22(16-19-11-7-5-8-12-19)17-20-13-9-6-10-14-20/h5-15,18H,16-17H2,1-4H3/b21-15-/t18-/m0/s1. The van der Waals surface area contributed by atoms with E-state index in [1.54, 1.807) is 0 Å². The van der Waals surface area contributed by atoms with Crippen LogP contribution in [-0.4, -0.2) is 25.4 Å². The smallest absolute Gasteiger partial charge is 0.171 e. The summed E-state index contributed by atoms with van der Waals surface area (Å²) in [4.78, 5) is 2.48. The molecule has 0 saturated heterocycles. The highest BCUT2D eigenvalue weighted by molar-refractivity contribution is 6.75. The molecular weight excluding hydrogens is 296 g/mol. The molecule has 0 fully saturated rings. The third-order valence-corrected chi connectivity index (χ3v) is 4.63. The molecule has 3 heteroatoms. The summed E-state index contributed by atoms with van der Waals surface area (Å²) >= 11 is 0. The molecule has 23 heavy (non-hydrogen) atoms. The zero-order valence-electron chi connectivity index (χ0n) is 14.7. The van der Waals surface area contributed by atoms with Gasteiger partial charge in [-0.05, 0) is 37.7 Å². The summed E-state index contributed by atoms with van der Waals surface area (Å²) in [5.41, 5.74) is 2.69. The van der Waals surface area contributed by atoms with Crippen molar-refractivity contribution >= 4 is 14.5 Å². The molecule has 0 radical (unpaired) electrons. The number of rotatable bonds is 7. The Bertz CT molecular complexity index is 561. The molecule has 0 aliphatic rings. The van der Waals surface area contributed by atoms with E-state index < -0.39 is 8.24 Å². The molecule has 2 nitrogen and oxygen atoms in total. The van der Waals surface area contributed by atoms with Crippen molar-refractivity contribution in [1.29, 1.82) is 0 Å². The highest BCUT2D eigenvalue weighted by atomic mass is 28.3. The maximum absolute atomic E-state index is 4.83. The summed E-state index contributed by atoms with van der Waals surface area (Å²) in [7, 11) is -1.41. The summed E-state index contributed by atoms with van der Waals surface area (Å²) in [6.45, 7) is 10.9. The van der Waals surface area contributed by atoms with Crippen molar-refractivity contribution < 1.29 is 0 Å². The lowest BCUT2D eigenvalue weighted by Gasteiger charge is -2.27. The normalized spacial score (nSPS) is 13.6. The van der Waals surface area contributed by atoms with Crippen molar-refractivity contribution in [1.82, 2.24) is 4.90 Å². The lowest BCUT2D eigenvalue weighted by molar-refractivity contribution is 0.238. The van der Waals surface area contributed by atoms with Crippen molar-refractivity contribution in [2.75, 3.05) is 0 Å². The SMILES string of the molecule is C[C@@H](/C=N\[Si](C)(C)C)N(Cc1ccccc1)Cc1ccccc1. The van der Waals surface area contributed by atoms with E-state index in [1.165, 1.54) is 11.1 Å². The van der Waals surface area contributed by atoms with Crippen LogP contribution in [-0.2, 0) is 13.1 Å². The Morgan fingerprint density at radius 3 is 1.70 bits per heavy atom. The number of nitrogens with zero attached hydrogens (tertiary/aromatic N) is 2. The Labute approximate surface area is 142 Å². The van der Waals surface area contributed by atoms with Crippen LogP contribution in [0.1, 0.15) is 18.1 Å². The largest absolute Gasteiger partial charge is 0.332 e. The van der Waals surface area contributed by atoms with Gasteiger partial charge in [0.15, 0.2) is 8.24 Å². The van der Waals surface area contributed by atoms with E-state index in [0.717, 1.165) is 13.1 Å². The van der Waals surface area contributed by atoms with E-state index in [4.69, 9.17) is 4.66 Å². The highest BCUT2D eigenvalue weighted by Crippen LogP contribution is 2.13. The van der Waals surface area contributed by atoms with Crippen molar-refractivity contribution in [3.8, 4) is 0 Å². The summed E-state index contributed by atoms with van der Waals surface area (Å²) in [5, 5.41) is 0. The molecule has 0 aliphatic carbocycles. The number of hydrogen-bond donors (Lipinski definition) is 0.